The van der Waals surface area contributed by atoms with E-state index in [0.717, 1.165) is 31.2 Å². The molecule has 0 atom stereocenters. The van der Waals surface area contributed by atoms with Gasteiger partial charge in [0.2, 0.25) is 0 Å². The molecule has 16 heavy (non-hydrogen) atoms. The van der Waals surface area contributed by atoms with Crippen LogP contribution in [0.3, 0.4) is 0 Å². The Hall–Kier alpha value is -0.960. The Labute approximate surface area is 94.9 Å². The number of halogens is 2. The molecular weight excluding hydrogens is 208 g/mol. The highest BCUT2D eigenvalue weighted by molar-refractivity contribution is 5.22. The Kier molecular flexibility index (Phi) is 3.54. The minimum absolute atomic E-state index is 0.389. The van der Waals surface area contributed by atoms with Gasteiger partial charge in [-0.3, -0.25) is 0 Å². The average molecular weight is 225 g/mol. The standard InChI is InChI=1S/C13H17F2N/c1-16-11-5-2-9(3-6-11)10-4-7-12(14)13(15)8-10/h4,7-9,11,16H,2-3,5-6H2,1H3. The van der Waals surface area contributed by atoms with Crippen LogP contribution >= 0.6 is 0 Å². The molecule has 0 unspecified atom stereocenters. The van der Waals surface area contributed by atoms with Gasteiger partial charge in [0, 0.05) is 6.04 Å². The van der Waals surface area contributed by atoms with Gasteiger partial charge in [-0.1, -0.05) is 6.07 Å². The third-order valence-electron chi connectivity index (χ3n) is 3.55. The molecular formula is C13H17F2N. The van der Waals surface area contributed by atoms with Gasteiger partial charge >= 0.3 is 0 Å². The number of benzene rings is 1. The van der Waals surface area contributed by atoms with Crippen LogP contribution in [0.2, 0.25) is 0 Å². The molecule has 0 bridgehead atoms. The first kappa shape index (κ1) is 11.5. The van der Waals surface area contributed by atoms with Crippen molar-refractivity contribution < 1.29 is 8.78 Å². The Balaban J connectivity index is 2.05. The molecule has 3 heteroatoms. The van der Waals surface area contributed by atoms with Gasteiger partial charge in [-0.2, -0.15) is 0 Å². The summed E-state index contributed by atoms with van der Waals surface area (Å²) in [6.07, 6.45) is 4.33. The molecule has 1 aromatic carbocycles. The van der Waals surface area contributed by atoms with Crippen LogP contribution in [0.25, 0.3) is 0 Å². The smallest absolute Gasteiger partial charge is 0.159 e. The predicted octanol–water partition coefficient (Wildman–Crippen LogP) is 3.21. The van der Waals surface area contributed by atoms with E-state index in [9.17, 15) is 8.78 Å². The predicted molar refractivity (Wildman–Crippen MR) is 60.4 cm³/mol. The SMILES string of the molecule is CNC1CCC(c2ccc(F)c(F)c2)CC1. The molecule has 2 rings (SSSR count). The highest BCUT2D eigenvalue weighted by Crippen LogP contribution is 2.33. The van der Waals surface area contributed by atoms with Crippen molar-refractivity contribution in [3.05, 3.63) is 35.4 Å². The second-order valence-corrected chi connectivity index (χ2v) is 4.51. The number of nitrogens with one attached hydrogen (secondary N) is 1. The molecule has 1 aliphatic carbocycles. The normalized spacial score (nSPS) is 25.7. The fourth-order valence-corrected chi connectivity index (χ4v) is 2.48. The molecule has 0 spiro atoms. The highest BCUT2D eigenvalue weighted by Gasteiger charge is 2.21. The van der Waals surface area contributed by atoms with Crippen molar-refractivity contribution in [1.82, 2.24) is 5.32 Å². The third-order valence-corrected chi connectivity index (χ3v) is 3.55. The summed E-state index contributed by atoms with van der Waals surface area (Å²) in [5.74, 6) is -1.10. The van der Waals surface area contributed by atoms with Gasteiger partial charge in [-0.05, 0) is 56.3 Å². The number of hydrogen-bond acceptors (Lipinski definition) is 1. The van der Waals surface area contributed by atoms with Crippen LogP contribution in [0, 0.1) is 11.6 Å². The first-order valence-corrected chi connectivity index (χ1v) is 5.83. The molecule has 1 fully saturated rings. The van der Waals surface area contributed by atoms with Gasteiger partial charge in [0.05, 0.1) is 0 Å². The molecule has 1 aliphatic rings. The zero-order valence-electron chi connectivity index (χ0n) is 9.47. The maximum Gasteiger partial charge on any atom is 0.159 e. The number of hydrogen-bond donors (Lipinski definition) is 1. The first-order chi connectivity index (χ1) is 7.70. The molecule has 0 aromatic heterocycles. The van der Waals surface area contributed by atoms with Gasteiger partial charge < -0.3 is 5.32 Å². The lowest BCUT2D eigenvalue weighted by atomic mass is 9.82. The van der Waals surface area contributed by atoms with Crippen LogP contribution in [-0.4, -0.2) is 13.1 Å². The van der Waals surface area contributed by atoms with E-state index in [1.165, 1.54) is 12.1 Å². The third kappa shape index (κ3) is 2.40. The maximum atomic E-state index is 13.1. The summed E-state index contributed by atoms with van der Waals surface area (Å²) in [7, 11) is 1.97. The molecule has 0 radical (unpaired) electrons. The fraction of sp³-hybridized carbons (Fsp3) is 0.538. The monoisotopic (exact) mass is 225 g/mol. The van der Waals surface area contributed by atoms with Gasteiger partial charge in [0.15, 0.2) is 11.6 Å². The Bertz CT molecular complexity index is 357. The van der Waals surface area contributed by atoms with E-state index in [4.69, 9.17) is 0 Å². The summed E-state index contributed by atoms with van der Waals surface area (Å²) < 4.78 is 25.9. The molecule has 88 valence electrons. The van der Waals surface area contributed by atoms with Gasteiger partial charge in [-0.15, -0.1) is 0 Å². The van der Waals surface area contributed by atoms with Gasteiger partial charge in [0.25, 0.3) is 0 Å². The van der Waals surface area contributed by atoms with Crippen molar-refractivity contribution >= 4 is 0 Å². The van der Waals surface area contributed by atoms with Crippen LogP contribution in [-0.2, 0) is 0 Å². The lowest BCUT2D eigenvalue weighted by molar-refractivity contribution is 0.357. The Morgan fingerprint density at radius 3 is 2.31 bits per heavy atom. The first-order valence-electron chi connectivity index (χ1n) is 5.83. The highest BCUT2D eigenvalue weighted by atomic mass is 19.2. The quantitative estimate of drug-likeness (QED) is 0.815. The minimum atomic E-state index is -0.757. The summed E-state index contributed by atoms with van der Waals surface area (Å²) in [6, 6.07) is 4.87. The molecule has 1 N–H and O–H groups in total. The summed E-state index contributed by atoms with van der Waals surface area (Å²) in [4.78, 5) is 0. The second kappa shape index (κ2) is 4.91. The van der Waals surface area contributed by atoms with Gasteiger partial charge in [-0.25, -0.2) is 8.78 Å². The molecule has 1 saturated carbocycles. The van der Waals surface area contributed by atoms with Crippen LogP contribution in [0.15, 0.2) is 18.2 Å². The zero-order chi connectivity index (χ0) is 11.5. The Morgan fingerprint density at radius 1 is 1.06 bits per heavy atom. The molecule has 0 heterocycles. The second-order valence-electron chi connectivity index (χ2n) is 4.51. The van der Waals surface area contributed by atoms with Crippen molar-refractivity contribution in [2.75, 3.05) is 7.05 Å². The van der Waals surface area contributed by atoms with E-state index in [0.29, 0.717) is 12.0 Å². The van der Waals surface area contributed by atoms with Crippen molar-refractivity contribution in [2.45, 2.75) is 37.6 Å². The van der Waals surface area contributed by atoms with Crippen molar-refractivity contribution in [1.29, 1.82) is 0 Å². The van der Waals surface area contributed by atoms with Crippen LogP contribution in [0.5, 0.6) is 0 Å². The van der Waals surface area contributed by atoms with Crippen LogP contribution in [0.4, 0.5) is 8.78 Å². The van der Waals surface area contributed by atoms with E-state index in [1.54, 1.807) is 6.07 Å². The van der Waals surface area contributed by atoms with E-state index in [1.807, 2.05) is 7.05 Å². The lowest BCUT2D eigenvalue weighted by Gasteiger charge is -2.28. The molecule has 0 aliphatic heterocycles. The average Bonchev–Trinajstić information content (AvgIpc) is 2.33. The summed E-state index contributed by atoms with van der Waals surface area (Å²) in [5, 5.41) is 3.26. The Morgan fingerprint density at radius 2 is 1.75 bits per heavy atom. The van der Waals surface area contributed by atoms with Crippen molar-refractivity contribution in [3.63, 3.8) is 0 Å². The van der Waals surface area contributed by atoms with Crippen molar-refractivity contribution in [3.8, 4) is 0 Å². The molecule has 0 amide bonds. The van der Waals surface area contributed by atoms with E-state index in [2.05, 4.69) is 5.32 Å². The molecule has 1 nitrogen and oxygen atoms in total. The zero-order valence-corrected chi connectivity index (χ0v) is 9.47. The van der Waals surface area contributed by atoms with Crippen molar-refractivity contribution in [2.24, 2.45) is 0 Å². The largest absolute Gasteiger partial charge is 0.317 e. The summed E-state index contributed by atoms with van der Waals surface area (Å²) in [6.45, 7) is 0. The summed E-state index contributed by atoms with van der Waals surface area (Å²) in [5.41, 5.74) is 0.938. The molecule has 0 saturated heterocycles. The maximum absolute atomic E-state index is 13.1. The van der Waals surface area contributed by atoms with Gasteiger partial charge in [0.1, 0.15) is 0 Å². The fourth-order valence-electron chi connectivity index (χ4n) is 2.48. The number of rotatable bonds is 2. The lowest BCUT2D eigenvalue weighted by Crippen LogP contribution is -2.29. The minimum Gasteiger partial charge on any atom is -0.317 e. The van der Waals surface area contributed by atoms with E-state index >= 15 is 0 Å². The summed E-state index contributed by atoms with van der Waals surface area (Å²) >= 11 is 0. The molecule has 1 aromatic rings. The van der Waals surface area contributed by atoms with E-state index < -0.39 is 11.6 Å². The van der Waals surface area contributed by atoms with Crippen LogP contribution < -0.4 is 5.32 Å². The van der Waals surface area contributed by atoms with E-state index in [-0.39, 0.29) is 0 Å². The topological polar surface area (TPSA) is 12.0 Å². The van der Waals surface area contributed by atoms with Crippen LogP contribution in [0.1, 0.15) is 37.2 Å².